The summed E-state index contributed by atoms with van der Waals surface area (Å²) in [5, 5.41) is 0. The zero-order valence-corrected chi connectivity index (χ0v) is 12.5. The van der Waals surface area contributed by atoms with Crippen molar-refractivity contribution in [1.82, 2.24) is 0 Å². The molecule has 0 amide bonds. The van der Waals surface area contributed by atoms with Crippen LogP contribution in [0.4, 0.5) is 0 Å². The summed E-state index contributed by atoms with van der Waals surface area (Å²) in [5.74, 6) is -1.21. The second-order valence-electron chi connectivity index (χ2n) is 4.89. The van der Waals surface area contributed by atoms with Crippen LogP contribution in [-0.4, -0.2) is 31.4 Å². The van der Waals surface area contributed by atoms with Crippen molar-refractivity contribution in [1.29, 1.82) is 0 Å². The van der Waals surface area contributed by atoms with Gasteiger partial charge in [-0.2, -0.15) is 0 Å². The normalized spacial score (nSPS) is 13.1. The van der Waals surface area contributed by atoms with Crippen molar-refractivity contribution in [3.63, 3.8) is 0 Å². The Labute approximate surface area is 124 Å². The van der Waals surface area contributed by atoms with Crippen LogP contribution in [0.3, 0.4) is 0 Å². The smallest absolute Gasteiger partial charge is 0.338 e. The van der Waals surface area contributed by atoms with Crippen molar-refractivity contribution in [2.75, 3.05) is 13.7 Å². The van der Waals surface area contributed by atoms with Gasteiger partial charge in [-0.1, -0.05) is 25.1 Å². The molecule has 0 fully saturated rings. The monoisotopic (exact) mass is 292 g/mol. The van der Waals surface area contributed by atoms with Gasteiger partial charge in [-0.3, -0.25) is 9.59 Å². The van der Waals surface area contributed by atoms with Crippen LogP contribution >= 0.6 is 0 Å². The zero-order chi connectivity index (χ0) is 15.9. The lowest BCUT2D eigenvalue weighted by molar-refractivity contribution is -0.148. The predicted octanol–water partition coefficient (Wildman–Crippen LogP) is 2.39. The number of ether oxygens (including phenoxy) is 2. The number of rotatable bonds is 7. The van der Waals surface area contributed by atoms with Gasteiger partial charge in [0, 0.05) is 0 Å². The van der Waals surface area contributed by atoms with Crippen molar-refractivity contribution in [2.45, 2.75) is 26.7 Å². The average molecular weight is 292 g/mol. The summed E-state index contributed by atoms with van der Waals surface area (Å²) < 4.78 is 9.84. The van der Waals surface area contributed by atoms with E-state index in [0.717, 1.165) is 0 Å². The second kappa shape index (κ2) is 7.57. The van der Waals surface area contributed by atoms with E-state index in [1.165, 1.54) is 14.0 Å². The highest BCUT2D eigenvalue weighted by Gasteiger charge is 2.38. The van der Waals surface area contributed by atoms with E-state index in [1.807, 2.05) is 0 Å². The van der Waals surface area contributed by atoms with Crippen molar-refractivity contribution in [2.24, 2.45) is 5.41 Å². The van der Waals surface area contributed by atoms with Gasteiger partial charge >= 0.3 is 11.9 Å². The van der Waals surface area contributed by atoms with E-state index in [4.69, 9.17) is 4.74 Å². The third kappa shape index (κ3) is 4.41. The van der Waals surface area contributed by atoms with Crippen molar-refractivity contribution in [3.05, 3.63) is 35.9 Å². The van der Waals surface area contributed by atoms with Crippen LogP contribution in [0.2, 0.25) is 0 Å². The maximum absolute atomic E-state index is 11.9. The number of carbonyl (C=O) groups is 3. The van der Waals surface area contributed by atoms with Crippen molar-refractivity contribution >= 4 is 17.7 Å². The fourth-order valence-electron chi connectivity index (χ4n) is 1.96. The minimum atomic E-state index is -1.03. The van der Waals surface area contributed by atoms with E-state index in [9.17, 15) is 14.4 Å². The summed E-state index contributed by atoms with van der Waals surface area (Å²) in [6.45, 7) is 3.03. The summed E-state index contributed by atoms with van der Waals surface area (Å²) in [6.07, 6.45) is 0.289. The third-order valence-electron chi connectivity index (χ3n) is 3.62. The molecule has 0 N–H and O–H groups in total. The molecule has 0 aliphatic heterocycles. The fraction of sp³-hybridized carbons (Fsp3) is 0.438. The molecule has 1 atom stereocenters. The lowest BCUT2D eigenvalue weighted by Gasteiger charge is -2.28. The second-order valence-corrected chi connectivity index (χ2v) is 4.89. The standard InChI is InChI=1S/C16H20O5/c1-4-16(12(2)17,10-14(18)20-3)11-21-15(19)13-8-6-5-7-9-13/h5-9H,4,10-11H2,1-3H3/t16-/m0/s1. The number of methoxy groups -OCH3 is 1. The summed E-state index contributed by atoms with van der Waals surface area (Å²) in [5.41, 5.74) is -0.624. The average Bonchev–Trinajstić information content (AvgIpc) is 2.51. The molecule has 5 heteroatoms. The van der Waals surface area contributed by atoms with E-state index >= 15 is 0 Å². The first-order valence-corrected chi connectivity index (χ1v) is 6.75. The van der Waals surface area contributed by atoms with Gasteiger partial charge in [-0.15, -0.1) is 0 Å². The quantitative estimate of drug-likeness (QED) is 0.722. The molecular formula is C16H20O5. The number of esters is 2. The molecule has 114 valence electrons. The third-order valence-corrected chi connectivity index (χ3v) is 3.62. The molecule has 0 unspecified atom stereocenters. The first-order chi connectivity index (χ1) is 9.95. The predicted molar refractivity (Wildman–Crippen MR) is 76.8 cm³/mol. The Balaban J connectivity index is 2.80. The molecule has 1 aromatic carbocycles. The molecule has 0 spiro atoms. The van der Waals surface area contributed by atoms with Gasteiger partial charge in [0.1, 0.15) is 12.4 Å². The largest absolute Gasteiger partial charge is 0.469 e. The van der Waals surface area contributed by atoms with Crippen LogP contribution in [0, 0.1) is 5.41 Å². The molecule has 0 bridgehead atoms. The minimum absolute atomic E-state index is 0.0998. The Morgan fingerprint density at radius 2 is 1.76 bits per heavy atom. The Hall–Kier alpha value is -2.17. The molecule has 0 aromatic heterocycles. The van der Waals surface area contributed by atoms with Gasteiger partial charge in [-0.25, -0.2) is 4.79 Å². The molecule has 0 heterocycles. The van der Waals surface area contributed by atoms with E-state index in [-0.39, 0.29) is 18.8 Å². The van der Waals surface area contributed by atoms with Gasteiger partial charge in [-0.05, 0) is 25.5 Å². The lowest BCUT2D eigenvalue weighted by Crippen LogP contribution is -2.37. The molecule has 0 aliphatic carbocycles. The number of ketones is 1. The Morgan fingerprint density at radius 3 is 2.24 bits per heavy atom. The van der Waals surface area contributed by atoms with Crippen LogP contribution < -0.4 is 0 Å². The Kier molecular flexibility index (Phi) is 6.09. The number of Topliss-reactive ketones (excluding diaryl/α,β-unsaturated/α-hetero) is 1. The van der Waals surface area contributed by atoms with Crippen LogP contribution in [0.5, 0.6) is 0 Å². The number of hydrogen-bond acceptors (Lipinski definition) is 5. The first-order valence-electron chi connectivity index (χ1n) is 6.75. The van der Waals surface area contributed by atoms with Crippen LogP contribution in [-0.2, 0) is 19.1 Å². The maximum Gasteiger partial charge on any atom is 0.338 e. The molecular weight excluding hydrogens is 272 g/mol. The molecule has 0 saturated heterocycles. The summed E-state index contributed by atoms with van der Waals surface area (Å²) in [7, 11) is 1.26. The summed E-state index contributed by atoms with van der Waals surface area (Å²) in [6, 6.07) is 8.50. The molecule has 21 heavy (non-hydrogen) atoms. The van der Waals surface area contributed by atoms with Gasteiger partial charge in [0.25, 0.3) is 0 Å². The molecule has 5 nitrogen and oxygen atoms in total. The van der Waals surface area contributed by atoms with E-state index in [1.54, 1.807) is 37.3 Å². The van der Waals surface area contributed by atoms with Crippen molar-refractivity contribution in [3.8, 4) is 0 Å². The maximum atomic E-state index is 11.9. The van der Waals surface area contributed by atoms with Gasteiger partial charge < -0.3 is 9.47 Å². The molecule has 1 rings (SSSR count). The van der Waals surface area contributed by atoms with E-state index in [0.29, 0.717) is 12.0 Å². The molecule has 0 radical (unpaired) electrons. The Morgan fingerprint density at radius 1 is 1.14 bits per heavy atom. The first kappa shape index (κ1) is 16.9. The minimum Gasteiger partial charge on any atom is -0.469 e. The lowest BCUT2D eigenvalue weighted by atomic mass is 9.79. The highest BCUT2D eigenvalue weighted by Crippen LogP contribution is 2.29. The molecule has 0 saturated carbocycles. The van der Waals surface area contributed by atoms with Crippen molar-refractivity contribution < 1.29 is 23.9 Å². The number of carbonyl (C=O) groups excluding carboxylic acids is 3. The van der Waals surface area contributed by atoms with E-state index in [2.05, 4.69) is 4.74 Å². The SMILES string of the molecule is CC[C@@](COC(=O)c1ccccc1)(CC(=O)OC)C(C)=O. The van der Waals surface area contributed by atoms with Crippen LogP contribution in [0.15, 0.2) is 30.3 Å². The summed E-state index contributed by atoms with van der Waals surface area (Å²) in [4.78, 5) is 35.3. The van der Waals surface area contributed by atoms with Crippen LogP contribution in [0.25, 0.3) is 0 Å². The topological polar surface area (TPSA) is 69.7 Å². The van der Waals surface area contributed by atoms with Gasteiger partial charge in [0.2, 0.25) is 0 Å². The fourth-order valence-corrected chi connectivity index (χ4v) is 1.96. The van der Waals surface area contributed by atoms with Crippen LogP contribution in [0.1, 0.15) is 37.0 Å². The van der Waals surface area contributed by atoms with Gasteiger partial charge in [0.05, 0.1) is 24.5 Å². The zero-order valence-electron chi connectivity index (χ0n) is 12.5. The number of hydrogen-bond donors (Lipinski definition) is 0. The highest BCUT2D eigenvalue weighted by atomic mass is 16.5. The molecule has 0 aliphatic rings. The Bertz CT molecular complexity index is 509. The van der Waals surface area contributed by atoms with E-state index < -0.39 is 17.4 Å². The molecule has 1 aromatic rings. The van der Waals surface area contributed by atoms with Gasteiger partial charge in [0.15, 0.2) is 0 Å². The summed E-state index contributed by atoms with van der Waals surface area (Å²) >= 11 is 0. The number of benzene rings is 1. The highest BCUT2D eigenvalue weighted by molar-refractivity contribution is 5.90.